The Balaban J connectivity index is 1.81. The third kappa shape index (κ3) is 3.58. The Morgan fingerprint density at radius 3 is 2.26 bits per heavy atom. The van der Waals surface area contributed by atoms with Crippen LogP contribution >= 0.6 is 0 Å². The van der Waals surface area contributed by atoms with Crippen LogP contribution in [0.1, 0.15) is 40.1 Å². The second-order valence-corrected chi connectivity index (χ2v) is 7.61. The van der Waals surface area contributed by atoms with E-state index in [2.05, 4.69) is 0 Å². The van der Waals surface area contributed by atoms with Crippen LogP contribution in [-0.2, 0) is 4.74 Å². The van der Waals surface area contributed by atoms with Crippen molar-refractivity contribution in [2.24, 2.45) is 0 Å². The van der Waals surface area contributed by atoms with E-state index >= 15 is 0 Å². The van der Waals surface area contributed by atoms with Gasteiger partial charge in [-0.1, -0.05) is 12.1 Å². The van der Waals surface area contributed by atoms with Gasteiger partial charge in [-0.15, -0.1) is 0 Å². The Labute approximate surface area is 176 Å². The van der Waals surface area contributed by atoms with Gasteiger partial charge in [0.1, 0.15) is 65.2 Å². The van der Waals surface area contributed by atoms with Gasteiger partial charge in [0.05, 0.1) is 18.6 Å². The minimum atomic E-state index is -1.73. The molecular weight excluding hydrogens is 412 g/mol. The molecule has 2 aromatic carbocycles. The molecule has 1 saturated heterocycles. The Morgan fingerprint density at radius 1 is 0.935 bits per heavy atom. The van der Waals surface area contributed by atoms with E-state index in [0.29, 0.717) is 5.56 Å². The molecule has 0 bridgehead atoms. The maximum Gasteiger partial charge on any atom is 0.174 e. The molecule has 2 aromatic rings. The third-order valence-corrected chi connectivity index (χ3v) is 5.63. The lowest BCUT2D eigenvalue weighted by molar-refractivity contribution is -0.232. The van der Waals surface area contributed by atoms with Crippen molar-refractivity contribution in [1.82, 2.24) is 0 Å². The predicted molar refractivity (Wildman–Crippen MR) is 103 cm³/mol. The number of aliphatic hydroxyl groups excluding tert-OH is 4. The van der Waals surface area contributed by atoms with Crippen LogP contribution in [0.4, 0.5) is 0 Å². The molecule has 10 nitrogen and oxygen atoms in total. The molecule has 6 atom stereocenters. The van der Waals surface area contributed by atoms with Gasteiger partial charge in [-0.2, -0.15) is 0 Å². The van der Waals surface area contributed by atoms with E-state index < -0.39 is 60.5 Å². The first-order chi connectivity index (χ1) is 14.7. The van der Waals surface area contributed by atoms with Crippen molar-refractivity contribution in [2.75, 3.05) is 6.61 Å². The molecule has 1 fully saturated rings. The summed E-state index contributed by atoms with van der Waals surface area (Å²) in [7, 11) is 0. The van der Waals surface area contributed by atoms with E-state index in [9.17, 15) is 40.5 Å². The molecule has 0 radical (unpaired) electrons. The van der Waals surface area contributed by atoms with Gasteiger partial charge in [0.15, 0.2) is 5.78 Å². The van der Waals surface area contributed by atoms with Crippen LogP contribution < -0.4 is 4.74 Å². The summed E-state index contributed by atoms with van der Waals surface area (Å²) in [5.74, 6) is -1.82. The first kappa shape index (κ1) is 21.3. The maximum absolute atomic E-state index is 12.8. The van der Waals surface area contributed by atoms with Gasteiger partial charge < -0.3 is 45.2 Å². The van der Waals surface area contributed by atoms with E-state index in [1.807, 2.05) is 0 Å². The van der Waals surface area contributed by atoms with Crippen molar-refractivity contribution in [3.05, 3.63) is 47.0 Å². The highest BCUT2D eigenvalue weighted by atomic mass is 16.5. The monoisotopic (exact) mass is 434 g/mol. The van der Waals surface area contributed by atoms with Crippen LogP contribution in [0.3, 0.4) is 0 Å². The molecular formula is C21H22O10. The summed E-state index contributed by atoms with van der Waals surface area (Å²) in [6, 6.07) is 6.83. The number of Topliss-reactive ketones (excluding diaryl/α,β-unsaturated/α-hetero) is 1. The van der Waals surface area contributed by atoms with Crippen LogP contribution in [0, 0.1) is 0 Å². The fraction of sp³-hybridized carbons (Fsp3) is 0.381. The molecule has 31 heavy (non-hydrogen) atoms. The fourth-order valence-corrected chi connectivity index (χ4v) is 3.98. The van der Waals surface area contributed by atoms with Gasteiger partial charge in [0, 0.05) is 6.07 Å². The molecule has 2 heterocycles. The molecule has 2 aliphatic heterocycles. The highest BCUT2D eigenvalue weighted by Crippen LogP contribution is 2.50. The fourth-order valence-electron chi connectivity index (χ4n) is 3.98. The molecule has 7 N–H and O–H groups in total. The lowest BCUT2D eigenvalue weighted by Gasteiger charge is -2.41. The molecule has 0 amide bonds. The summed E-state index contributed by atoms with van der Waals surface area (Å²) in [5.41, 5.74) is 0.112. The number of aromatic hydroxyl groups is 3. The number of hydrogen-bond acceptors (Lipinski definition) is 10. The number of carbonyl (C=O) groups excluding carboxylic acids is 1. The average Bonchev–Trinajstić information content (AvgIpc) is 2.73. The summed E-state index contributed by atoms with van der Waals surface area (Å²) in [6.45, 7) is -0.682. The van der Waals surface area contributed by atoms with Gasteiger partial charge in [-0.05, 0) is 17.7 Å². The minimum Gasteiger partial charge on any atom is -0.508 e. The molecule has 0 spiro atoms. The van der Waals surface area contributed by atoms with Crippen molar-refractivity contribution >= 4 is 5.78 Å². The normalized spacial score (nSPS) is 30.5. The smallest absolute Gasteiger partial charge is 0.174 e. The molecule has 0 aliphatic carbocycles. The minimum absolute atomic E-state index is 0.0172. The van der Waals surface area contributed by atoms with E-state index in [4.69, 9.17) is 9.47 Å². The number of phenols is 3. The molecule has 166 valence electrons. The van der Waals surface area contributed by atoms with Gasteiger partial charge in [-0.25, -0.2) is 0 Å². The Bertz CT molecular complexity index is 987. The van der Waals surface area contributed by atoms with E-state index in [0.717, 1.165) is 6.07 Å². The summed E-state index contributed by atoms with van der Waals surface area (Å²) >= 11 is 0. The number of ketones is 1. The Morgan fingerprint density at radius 2 is 1.61 bits per heavy atom. The van der Waals surface area contributed by atoms with Crippen molar-refractivity contribution in [3.63, 3.8) is 0 Å². The number of carbonyl (C=O) groups is 1. The van der Waals surface area contributed by atoms with E-state index in [-0.39, 0.29) is 29.0 Å². The molecule has 10 heteroatoms. The molecule has 2 aliphatic rings. The number of rotatable bonds is 3. The van der Waals surface area contributed by atoms with Crippen molar-refractivity contribution < 1.29 is 50.0 Å². The summed E-state index contributed by atoms with van der Waals surface area (Å²) in [5, 5.41) is 70.4. The zero-order valence-corrected chi connectivity index (χ0v) is 16.1. The lowest BCUT2D eigenvalue weighted by atomic mass is 9.87. The zero-order valence-electron chi connectivity index (χ0n) is 16.1. The number of aliphatic hydroxyl groups is 4. The topological polar surface area (TPSA) is 177 Å². The van der Waals surface area contributed by atoms with Crippen LogP contribution in [0.15, 0.2) is 30.3 Å². The summed E-state index contributed by atoms with van der Waals surface area (Å²) in [4.78, 5) is 12.8. The Hall–Kier alpha value is -2.89. The number of phenolic OH excluding ortho intramolecular Hbond substituents is 3. The van der Waals surface area contributed by atoms with Crippen molar-refractivity contribution in [2.45, 2.75) is 43.0 Å². The molecule has 0 saturated carbocycles. The van der Waals surface area contributed by atoms with Crippen LogP contribution in [0.5, 0.6) is 23.0 Å². The van der Waals surface area contributed by atoms with Gasteiger partial charge >= 0.3 is 0 Å². The number of hydrogen-bond donors (Lipinski definition) is 7. The molecule has 4 rings (SSSR count). The summed E-state index contributed by atoms with van der Waals surface area (Å²) < 4.78 is 11.5. The van der Waals surface area contributed by atoms with Crippen LogP contribution in [-0.4, -0.2) is 72.6 Å². The van der Waals surface area contributed by atoms with Crippen molar-refractivity contribution in [3.8, 4) is 23.0 Å². The number of benzene rings is 2. The van der Waals surface area contributed by atoms with Crippen molar-refractivity contribution in [1.29, 1.82) is 0 Å². The first-order valence-corrected chi connectivity index (χ1v) is 9.61. The largest absolute Gasteiger partial charge is 0.508 e. The molecule has 0 unspecified atom stereocenters. The second-order valence-electron chi connectivity index (χ2n) is 7.61. The second kappa shape index (κ2) is 7.98. The zero-order chi connectivity index (χ0) is 22.4. The average molecular weight is 434 g/mol. The summed E-state index contributed by atoms with van der Waals surface area (Å²) in [6.07, 6.45) is -8.75. The molecule has 0 aromatic heterocycles. The standard InChI is InChI=1S/C21H22O10/c22-7-14-17(27)18(28)19(29)21(31-14)16-11(25)5-10(24)15-12(26)6-13(30-20(15)16)8-1-3-9(23)4-2-8/h1-5,13-14,17-19,21-25,27-29H,6-7H2/t13-,14+,17+,18-,19+,21-/m1/s1. The van der Waals surface area contributed by atoms with Crippen LogP contribution in [0.25, 0.3) is 0 Å². The van der Waals surface area contributed by atoms with Gasteiger partial charge in [-0.3, -0.25) is 4.79 Å². The predicted octanol–water partition coefficient (Wildman–Crippen LogP) is 0.0248. The van der Waals surface area contributed by atoms with E-state index in [1.54, 1.807) is 12.1 Å². The van der Waals surface area contributed by atoms with Gasteiger partial charge in [0.25, 0.3) is 0 Å². The highest BCUT2D eigenvalue weighted by molar-refractivity contribution is 6.03. The number of fused-ring (bicyclic) bond motifs is 1. The third-order valence-electron chi connectivity index (χ3n) is 5.63. The van der Waals surface area contributed by atoms with E-state index in [1.165, 1.54) is 12.1 Å². The highest BCUT2D eigenvalue weighted by Gasteiger charge is 2.47. The van der Waals surface area contributed by atoms with Gasteiger partial charge in [0.2, 0.25) is 0 Å². The quantitative estimate of drug-likeness (QED) is 0.348. The maximum atomic E-state index is 12.8. The van der Waals surface area contributed by atoms with Crippen LogP contribution in [0.2, 0.25) is 0 Å². The lowest BCUT2D eigenvalue weighted by Crippen LogP contribution is -2.55. The number of ether oxygens (including phenoxy) is 2. The Kier molecular flexibility index (Phi) is 5.50. The first-order valence-electron chi connectivity index (χ1n) is 9.61. The SMILES string of the molecule is O=C1C[C@H](c2ccc(O)cc2)Oc2c1c(O)cc(O)c2[C@H]1O[C@@H](CO)[C@H](O)[C@@H](O)[C@@H]1O.